The third-order valence-corrected chi connectivity index (χ3v) is 6.01. The zero-order valence-corrected chi connectivity index (χ0v) is 17.0. The fourth-order valence-electron chi connectivity index (χ4n) is 4.41. The van der Waals surface area contributed by atoms with Gasteiger partial charge in [-0.2, -0.15) is 8.78 Å². The molecule has 3 rings (SSSR count). The van der Waals surface area contributed by atoms with Crippen molar-refractivity contribution in [1.82, 2.24) is 0 Å². The lowest BCUT2D eigenvalue weighted by Gasteiger charge is -2.37. The van der Waals surface area contributed by atoms with E-state index in [4.69, 9.17) is 14.2 Å². The molecular formula is C23H32F2O3. The van der Waals surface area contributed by atoms with Crippen LogP contribution in [0.4, 0.5) is 8.78 Å². The van der Waals surface area contributed by atoms with Gasteiger partial charge in [-0.15, -0.1) is 0 Å². The van der Waals surface area contributed by atoms with E-state index < -0.39 is 11.6 Å². The summed E-state index contributed by atoms with van der Waals surface area (Å²) in [6, 6.07) is 2.88. The normalized spacial score (nSPS) is 28.4. The van der Waals surface area contributed by atoms with Gasteiger partial charge in [0, 0.05) is 5.92 Å². The van der Waals surface area contributed by atoms with Crippen molar-refractivity contribution < 1.29 is 23.0 Å². The van der Waals surface area contributed by atoms with E-state index in [1.165, 1.54) is 18.6 Å². The SMILES string of the molecule is CC=CC1CCC(C2CCC(COc3ccc(OCC)c(F)c3F)CC2)OC1. The summed E-state index contributed by atoms with van der Waals surface area (Å²) >= 11 is 0. The fraction of sp³-hybridized carbons (Fsp3) is 0.652. The quantitative estimate of drug-likeness (QED) is 0.537. The Morgan fingerprint density at radius 1 is 1.00 bits per heavy atom. The summed E-state index contributed by atoms with van der Waals surface area (Å²) < 4.78 is 44.9. The number of benzene rings is 1. The van der Waals surface area contributed by atoms with Crippen LogP contribution in [0, 0.1) is 29.4 Å². The molecule has 2 atom stereocenters. The molecule has 5 heteroatoms. The summed E-state index contributed by atoms with van der Waals surface area (Å²) in [5.41, 5.74) is 0. The van der Waals surface area contributed by atoms with Crippen LogP contribution >= 0.6 is 0 Å². The largest absolute Gasteiger partial charge is 0.491 e. The van der Waals surface area contributed by atoms with Crippen molar-refractivity contribution in [3.05, 3.63) is 35.9 Å². The van der Waals surface area contributed by atoms with Crippen LogP contribution in [0.5, 0.6) is 11.5 Å². The minimum absolute atomic E-state index is 0.0336. The zero-order valence-electron chi connectivity index (χ0n) is 17.0. The third kappa shape index (κ3) is 5.25. The first kappa shape index (κ1) is 21.1. The molecule has 156 valence electrons. The fourth-order valence-corrected chi connectivity index (χ4v) is 4.41. The van der Waals surface area contributed by atoms with Gasteiger partial charge in [0.1, 0.15) is 0 Å². The van der Waals surface area contributed by atoms with Gasteiger partial charge in [-0.25, -0.2) is 0 Å². The first-order valence-corrected chi connectivity index (χ1v) is 10.6. The summed E-state index contributed by atoms with van der Waals surface area (Å²) in [6.07, 6.45) is 11.4. The standard InChI is InChI=1S/C23H32F2O3/c1-3-5-16-8-11-19(27-14-16)18-9-6-17(7-10-18)15-28-21-13-12-20(26-4-2)22(24)23(21)25/h3,5,12-13,16-19H,4,6-11,14-15H2,1-2H3. The van der Waals surface area contributed by atoms with Crippen LogP contribution in [0.15, 0.2) is 24.3 Å². The van der Waals surface area contributed by atoms with Crippen LogP contribution in [-0.4, -0.2) is 25.9 Å². The average Bonchev–Trinajstić information content (AvgIpc) is 2.72. The minimum Gasteiger partial charge on any atom is -0.491 e. The molecule has 1 aromatic rings. The molecule has 1 aromatic carbocycles. The van der Waals surface area contributed by atoms with E-state index in [-0.39, 0.29) is 11.5 Å². The highest BCUT2D eigenvalue weighted by Crippen LogP contribution is 2.37. The van der Waals surface area contributed by atoms with E-state index >= 15 is 0 Å². The topological polar surface area (TPSA) is 27.7 Å². The molecule has 1 saturated heterocycles. The average molecular weight is 395 g/mol. The van der Waals surface area contributed by atoms with Crippen LogP contribution < -0.4 is 9.47 Å². The highest BCUT2D eigenvalue weighted by Gasteiger charge is 2.31. The Labute approximate surface area is 167 Å². The predicted octanol–water partition coefficient (Wildman–Crippen LogP) is 5.92. The van der Waals surface area contributed by atoms with Gasteiger partial charge in [-0.1, -0.05) is 12.2 Å². The van der Waals surface area contributed by atoms with Gasteiger partial charge >= 0.3 is 0 Å². The molecule has 0 aromatic heterocycles. The van der Waals surface area contributed by atoms with Crippen molar-refractivity contribution in [2.75, 3.05) is 19.8 Å². The van der Waals surface area contributed by atoms with Gasteiger partial charge in [-0.05, 0) is 76.3 Å². The molecule has 1 heterocycles. The Morgan fingerprint density at radius 3 is 2.25 bits per heavy atom. The first-order chi connectivity index (χ1) is 13.6. The summed E-state index contributed by atoms with van der Waals surface area (Å²) in [6.45, 7) is 5.34. The van der Waals surface area contributed by atoms with E-state index in [0.29, 0.717) is 37.1 Å². The van der Waals surface area contributed by atoms with E-state index in [1.807, 2.05) is 0 Å². The van der Waals surface area contributed by atoms with Gasteiger partial charge in [0.25, 0.3) is 0 Å². The van der Waals surface area contributed by atoms with Crippen LogP contribution in [0.25, 0.3) is 0 Å². The lowest BCUT2D eigenvalue weighted by molar-refractivity contribution is -0.0504. The summed E-state index contributed by atoms with van der Waals surface area (Å²) in [4.78, 5) is 0. The van der Waals surface area contributed by atoms with Crippen molar-refractivity contribution in [1.29, 1.82) is 0 Å². The summed E-state index contributed by atoms with van der Waals surface area (Å²) in [7, 11) is 0. The molecule has 0 N–H and O–H groups in total. The van der Waals surface area contributed by atoms with E-state index in [0.717, 1.165) is 38.7 Å². The molecule has 2 aliphatic rings. The Balaban J connectivity index is 1.43. The van der Waals surface area contributed by atoms with Crippen molar-refractivity contribution >= 4 is 0 Å². The number of halogens is 2. The van der Waals surface area contributed by atoms with Gasteiger partial charge in [0.15, 0.2) is 11.5 Å². The number of ether oxygens (including phenoxy) is 3. The Hall–Kier alpha value is -1.62. The van der Waals surface area contributed by atoms with Crippen molar-refractivity contribution in [2.24, 2.45) is 17.8 Å². The minimum atomic E-state index is -0.978. The van der Waals surface area contributed by atoms with Gasteiger partial charge in [0.05, 0.1) is 25.9 Å². The Morgan fingerprint density at radius 2 is 1.68 bits per heavy atom. The monoisotopic (exact) mass is 394 g/mol. The molecule has 2 fully saturated rings. The van der Waals surface area contributed by atoms with Crippen LogP contribution in [0.1, 0.15) is 52.4 Å². The van der Waals surface area contributed by atoms with E-state index in [2.05, 4.69) is 19.1 Å². The van der Waals surface area contributed by atoms with Gasteiger partial charge in [-0.3, -0.25) is 0 Å². The molecule has 0 spiro atoms. The van der Waals surface area contributed by atoms with Crippen LogP contribution in [-0.2, 0) is 4.74 Å². The highest BCUT2D eigenvalue weighted by atomic mass is 19.2. The lowest BCUT2D eigenvalue weighted by Crippen LogP contribution is -2.34. The lowest BCUT2D eigenvalue weighted by atomic mass is 9.77. The molecule has 1 saturated carbocycles. The van der Waals surface area contributed by atoms with Gasteiger partial charge < -0.3 is 14.2 Å². The molecule has 0 radical (unpaired) electrons. The maximum Gasteiger partial charge on any atom is 0.204 e. The second-order valence-electron chi connectivity index (χ2n) is 7.95. The molecule has 0 amide bonds. The second-order valence-corrected chi connectivity index (χ2v) is 7.95. The highest BCUT2D eigenvalue weighted by molar-refractivity contribution is 5.35. The van der Waals surface area contributed by atoms with Crippen LogP contribution in [0.3, 0.4) is 0 Å². The first-order valence-electron chi connectivity index (χ1n) is 10.6. The summed E-state index contributed by atoms with van der Waals surface area (Å²) in [5.74, 6) is -0.493. The molecule has 3 nitrogen and oxygen atoms in total. The molecule has 0 bridgehead atoms. The van der Waals surface area contributed by atoms with Gasteiger partial charge in [0.2, 0.25) is 11.6 Å². The number of allylic oxidation sites excluding steroid dienone is 1. The number of hydrogen-bond donors (Lipinski definition) is 0. The molecule has 2 unspecified atom stereocenters. The predicted molar refractivity (Wildman–Crippen MR) is 106 cm³/mol. The van der Waals surface area contributed by atoms with Crippen molar-refractivity contribution in [3.63, 3.8) is 0 Å². The molecule has 1 aliphatic carbocycles. The zero-order chi connectivity index (χ0) is 19.9. The number of hydrogen-bond acceptors (Lipinski definition) is 3. The molecule has 28 heavy (non-hydrogen) atoms. The van der Waals surface area contributed by atoms with Crippen molar-refractivity contribution in [3.8, 4) is 11.5 Å². The Bertz CT molecular complexity index is 645. The number of rotatable bonds is 7. The van der Waals surface area contributed by atoms with E-state index in [1.54, 1.807) is 6.92 Å². The maximum atomic E-state index is 14.1. The maximum absolute atomic E-state index is 14.1. The Kier molecular flexibility index (Phi) is 7.72. The third-order valence-electron chi connectivity index (χ3n) is 6.01. The van der Waals surface area contributed by atoms with Crippen molar-refractivity contribution in [2.45, 2.75) is 58.5 Å². The smallest absolute Gasteiger partial charge is 0.204 e. The van der Waals surface area contributed by atoms with Crippen LogP contribution in [0.2, 0.25) is 0 Å². The molecular weight excluding hydrogens is 362 g/mol. The van der Waals surface area contributed by atoms with E-state index in [9.17, 15) is 8.78 Å². The molecule has 1 aliphatic heterocycles. The summed E-state index contributed by atoms with van der Waals surface area (Å²) in [5, 5.41) is 0. The second kappa shape index (κ2) is 10.2.